The van der Waals surface area contributed by atoms with E-state index in [4.69, 9.17) is 9.15 Å². The molecule has 0 radical (unpaired) electrons. The van der Waals surface area contributed by atoms with Gasteiger partial charge in [-0.05, 0) is 31.2 Å². The van der Waals surface area contributed by atoms with Crippen molar-refractivity contribution >= 4 is 21.1 Å². The van der Waals surface area contributed by atoms with E-state index in [-0.39, 0.29) is 23.6 Å². The zero-order chi connectivity index (χ0) is 19.4. The number of aliphatic hydroxyl groups excluding tert-OH is 1. The molecule has 0 spiro atoms. The van der Waals surface area contributed by atoms with Gasteiger partial charge in [-0.1, -0.05) is 18.2 Å². The number of benzene rings is 2. The predicted molar refractivity (Wildman–Crippen MR) is 99.3 cm³/mol. The highest BCUT2D eigenvalue weighted by Gasteiger charge is 2.19. The minimum atomic E-state index is -3.88. The van der Waals surface area contributed by atoms with Crippen molar-refractivity contribution in [2.75, 3.05) is 13.2 Å². The third kappa shape index (κ3) is 4.38. The molecule has 0 saturated heterocycles. The molecule has 0 amide bonds. The number of aryl methyl sites for hydroxylation is 1. The zero-order valence-corrected chi connectivity index (χ0v) is 15.5. The van der Waals surface area contributed by atoms with Crippen molar-refractivity contribution in [3.8, 4) is 5.75 Å². The molecule has 0 fully saturated rings. The van der Waals surface area contributed by atoms with E-state index < -0.39 is 21.9 Å². The normalized spacial score (nSPS) is 13.0. The van der Waals surface area contributed by atoms with Crippen molar-refractivity contribution in [3.05, 3.63) is 59.1 Å². The first-order valence-electron chi connectivity index (χ1n) is 8.39. The highest BCUT2D eigenvalue weighted by atomic mass is 32.2. The van der Waals surface area contributed by atoms with E-state index in [9.17, 15) is 18.3 Å². The topological polar surface area (TPSA) is 111 Å². The standard InChI is InChI=1S/C18H20N2O6S/c1-2-20-16-9-8-15(10-17(16)26-18(20)22)27(23,24)19-11-13(21)12-25-14-6-4-3-5-7-14/h3-10,13,19,21H,2,11-12H2,1H3. The van der Waals surface area contributed by atoms with Gasteiger partial charge in [-0.3, -0.25) is 4.57 Å². The van der Waals surface area contributed by atoms with Crippen LogP contribution in [0.1, 0.15) is 6.92 Å². The minimum Gasteiger partial charge on any atom is -0.491 e. The highest BCUT2D eigenvalue weighted by molar-refractivity contribution is 7.89. The Morgan fingerprint density at radius 1 is 1.22 bits per heavy atom. The van der Waals surface area contributed by atoms with Crippen molar-refractivity contribution in [3.63, 3.8) is 0 Å². The molecule has 0 bridgehead atoms. The van der Waals surface area contributed by atoms with Gasteiger partial charge >= 0.3 is 5.76 Å². The molecule has 1 atom stereocenters. The average molecular weight is 392 g/mol. The lowest BCUT2D eigenvalue weighted by Gasteiger charge is -2.13. The summed E-state index contributed by atoms with van der Waals surface area (Å²) in [6.45, 7) is 1.94. The monoisotopic (exact) mass is 392 g/mol. The Bertz CT molecular complexity index is 1070. The molecular formula is C18H20N2O6S. The maximum atomic E-state index is 12.4. The summed E-state index contributed by atoms with van der Waals surface area (Å²) in [5, 5.41) is 9.95. The molecule has 3 rings (SSSR count). The van der Waals surface area contributed by atoms with Gasteiger partial charge in [-0.25, -0.2) is 17.9 Å². The van der Waals surface area contributed by atoms with Crippen molar-refractivity contribution in [2.24, 2.45) is 0 Å². The van der Waals surface area contributed by atoms with Crippen molar-refractivity contribution < 1.29 is 22.7 Å². The fourth-order valence-corrected chi connectivity index (χ4v) is 3.66. The largest absolute Gasteiger partial charge is 0.491 e. The predicted octanol–water partition coefficient (Wildman–Crippen LogP) is 1.33. The van der Waals surface area contributed by atoms with Gasteiger partial charge in [-0.15, -0.1) is 0 Å². The van der Waals surface area contributed by atoms with E-state index in [1.165, 1.54) is 22.8 Å². The van der Waals surface area contributed by atoms with E-state index in [2.05, 4.69) is 4.72 Å². The highest BCUT2D eigenvalue weighted by Crippen LogP contribution is 2.18. The number of para-hydroxylation sites is 1. The van der Waals surface area contributed by atoms with E-state index >= 15 is 0 Å². The summed E-state index contributed by atoms with van der Waals surface area (Å²) in [5.74, 6) is 0.0452. The summed E-state index contributed by atoms with van der Waals surface area (Å²) in [6.07, 6.45) is -1.03. The lowest BCUT2D eigenvalue weighted by Crippen LogP contribution is -2.35. The number of hydrogen-bond acceptors (Lipinski definition) is 6. The van der Waals surface area contributed by atoms with Crippen LogP contribution in [0.3, 0.4) is 0 Å². The number of nitrogens with zero attached hydrogens (tertiary/aromatic N) is 1. The van der Waals surface area contributed by atoms with E-state index in [0.29, 0.717) is 17.8 Å². The van der Waals surface area contributed by atoms with Gasteiger partial charge in [0.25, 0.3) is 0 Å². The van der Waals surface area contributed by atoms with Gasteiger partial charge in [0.05, 0.1) is 10.4 Å². The summed E-state index contributed by atoms with van der Waals surface area (Å²) in [4.78, 5) is 11.7. The van der Waals surface area contributed by atoms with Gasteiger partial charge in [0.1, 0.15) is 18.5 Å². The number of oxazole rings is 1. The minimum absolute atomic E-state index is 0.0526. The van der Waals surface area contributed by atoms with Crippen LogP contribution in [-0.4, -0.2) is 37.3 Å². The molecule has 2 N–H and O–H groups in total. The maximum absolute atomic E-state index is 12.4. The first-order chi connectivity index (χ1) is 12.9. The van der Waals surface area contributed by atoms with Gasteiger partial charge in [0, 0.05) is 19.2 Å². The van der Waals surface area contributed by atoms with Crippen molar-refractivity contribution in [2.45, 2.75) is 24.5 Å². The smallest absolute Gasteiger partial charge is 0.419 e. The summed E-state index contributed by atoms with van der Waals surface area (Å²) in [6, 6.07) is 13.1. The first-order valence-corrected chi connectivity index (χ1v) is 9.88. The quantitative estimate of drug-likeness (QED) is 0.598. The summed E-state index contributed by atoms with van der Waals surface area (Å²) < 4.78 is 39.1. The number of ether oxygens (including phenoxy) is 1. The van der Waals surface area contributed by atoms with Gasteiger partial charge < -0.3 is 14.3 Å². The second kappa shape index (κ2) is 7.95. The molecule has 1 aromatic heterocycles. The number of aromatic nitrogens is 1. The molecule has 0 aliphatic heterocycles. The molecule has 0 saturated carbocycles. The van der Waals surface area contributed by atoms with Crippen LogP contribution in [0.4, 0.5) is 0 Å². The molecule has 0 aliphatic carbocycles. The maximum Gasteiger partial charge on any atom is 0.419 e. The molecule has 27 heavy (non-hydrogen) atoms. The molecule has 1 unspecified atom stereocenters. The Hall–Kier alpha value is -2.62. The lowest BCUT2D eigenvalue weighted by atomic mass is 10.3. The fraction of sp³-hybridized carbons (Fsp3) is 0.278. The van der Waals surface area contributed by atoms with Crippen LogP contribution >= 0.6 is 0 Å². The molecule has 9 heteroatoms. The Kier molecular flexibility index (Phi) is 5.64. The van der Waals surface area contributed by atoms with Crippen LogP contribution in [0.5, 0.6) is 5.75 Å². The number of sulfonamides is 1. The third-order valence-corrected chi connectivity index (χ3v) is 5.38. The Balaban J connectivity index is 1.65. The van der Waals surface area contributed by atoms with Crippen LogP contribution in [0.2, 0.25) is 0 Å². The molecule has 2 aromatic carbocycles. The molecule has 3 aromatic rings. The van der Waals surface area contributed by atoms with Gasteiger partial charge in [0.2, 0.25) is 10.0 Å². The number of fused-ring (bicyclic) bond motifs is 1. The van der Waals surface area contributed by atoms with E-state index in [1.807, 2.05) is 6.07 Å². The van der Waals surface area contributed by atoms with Gasteiger partial charge in [0.15, 0.2) is 5.58 Å². The van der Waals surface area contributed by atoms with Crippen LogP contribution in [0.15, 0.2) is 62.6 Å². The van der Waals surface area contributed by atoms with Crippen molar-refractivity contribution in [1.82, 2.24) is 9.29 Å². The fourth-order valence-electron chi connectivity index (χ4n) is 2.57. The Morgan fingerprint density at radius 3 is 2.67 bits per heavy atom. The molecule has 144 valence electrons. The number of rotatable bonds is 8. The average Bonchev–Trinajstić information content (AvgIpc) is 2.99. The number of nitrogens with one attached hydrogen (secondary N) is 1. The van der Waals surface area contributed by atoms with E-state index in [1.54, 1.807) is 31.2 Å². The molecule has 8 nitrogen and oxygen atoms in total. The van der Waals surface area contributed by atoms with Crippen LogP contribution < -0.4 is 15.2 Å². The number of hydrogen-bond donors (Lipinski definition) is 2. The first kappa shape index (κ1) is 19.2. The van der Waals surface area contributed by atoms with E-state index in [0.717, 1.165) is 0 Å². The Morgan fingerprint density at radius 2 is 1.96 bits per heavy atom. The van der Waals surface area contributed by atoms with Gasteiger partial charge in [-0.2, -0.15) is 0 Å². The lowest BCUT2D eigenvalue weighted by molar-refractivity contribution is 0.111. The summed E-state index contributed by atoms with van der Waals surface area (Å²) >= 11 is 0. The Labute approximate surface area is 156 Å². The molecule has 0 aliphatic rings. The van der Waals surface area contributed by atoms with Crippen molar-refractivity contribution in [1.29, 1.82) is 0 Å². The second-order valence-corrected chi connectivity index (χ2v) is 7.64. The SMILES string of the molecule is CCn1c(=O)oc2cc(S(=O)(=O)NCC(O)COc3ccccc3)ccc21. The molecular weight excluding hydrogens is 372 g/mol. The summed E-state index contributed by atoms with van der Waals surface area (Å²) in [7, 11) is -3.88. The summed E-state index contributed by atoms with van der Waals surface area (Å²) in [5.41, 5.74) is 0.718. The van der Waals surface area contributed by atoms with Crippen LogP contribution in [-0.2, 0) is 16.6 Å². The third-order valence-electron chi connectivity index (χ3n) is 3.96. The zero-order valence-electron chi connectivity index (χ0n) is 14.7. The van der Waals surface area contributed by atoms with Crippen LogP contribution in [0, 0.1) is 0 Å². The number of aliphatic hydroxyl groups is 1. The second-order valence-electron chi connectivity index (χ2n) is 5.87. The molecule has 1 heterocycles. The van der Waals surface area contributed by atoms with Crippen LogP contribution in [0.25, 0.3) is 11.1 Å².